The zero-order valence-electron chi connectivity index (χ0n) is 17.9. The Morgan fingerprint density at radius 1 is 1.18 bits per heavy atom. The molecule has 4 heterocycles. The number of hydrogen-bond donors (Lipinski definition) is 3. The smallest absolute Gasteiger partial charge is 0.351 e. The van der Waals surface area contributed by atoms with Gasteiger partial charge in [0.2, 0.25) is 0 Å². The number of aromatic nitrogens is 1. The molecule has 5 unspecified atom stereocenters. The van der Waals surface area contributed by atoms with E-state index in [1.165, 1.54) is 6.42 Å². The van der Waals surface area contributed by atoms with E-state index in [9.17, 15) is 13.5 Å². The number of fused-ring (bicyclic) bond motifs is 4. The van der Waals surface area contributed by atoms with E-state index in [1.54, 1.807) is 0 Å². The molecule has 7 atom stereocenters. The van der Waals surface area contributed by atoms with Crippen LogP contribution < -0.4 is 0 Å². The molecule has 3 saturated heterocycles. The minimum atomic E-state index is -2.62. The molecule has 0 radical (unpaired) electrons. The number of benzene rings is 1. The minimum Gasteiger partial charge on any atom is -0.412 e. The van der Waals surface area contributed by atoms with Crippen LogP contribution in [0, 0.1) is 11.8 Å². The van der Waals surface area contributed by atoms with Gasteiger partial charge in [-0.05, 0) is 48.9 Å². The average molecular weight is 525 g/mol. The molecular weight excluding hydrogens is 496 g/mol. The lowest BCUT2D eigenvalue weighted by molar-refractivity contribution is -0.436. The number of aliphatic hydroxyl groups excluding tert-OH is 1. The van der Waals surface area contributed by atoms with E-state index in [-0.39, 0.29) is 17.0 Å². The van der Waals surface area contributed by atoms with Gasteiger partial charge in [0.25, 0.3) is 0 Å². The third-order valence-corrected chi connectivity index (χ3v) is 6.96. The fourth-order valence-corrected chi connectivity index (χ4v) is 4.99. The second kappa shape index (κ2) is 14.6. The Kier molecular flexibility index (Phi) is 13.0. The maximum Gasteiger partial charge on any atom is 0.351 e. The van der Waals surface area contributed by atoms with Crippen LogP contribution in [0.1, 0.15) is 24.5 Å². The number of para-hydroxylation sites is 1. The van der Waals surface area contributed by atoms with Gasteiger partial charge >= 0.3 is 22.7 Å². The molecule has 34 heavy (non-hydrogen) atoms. The lowest BCUT2D eigenvalue weighted by Crippen LogP contribution is -2.54. The first-order valence-corrected chi connectivity index (χ1v) is 11.7. The normalized spacial score (nSPS) is 25.6. The summed E-state index contributed by atoms with van der Waals surface area (Å²) >= 11 is -5.23. The Labute approximate surface area is 200 Å². The fourth-order valence-electron chi connectivity index (χ4n) is 4.38. The van der Waals surface area contributed by atoms with E-state index in [1.807, 2.05) is 30.5 Å². The number of aliphatic hydroxyl groups is 1. The molecule has 5 rings (SSSR count). The molecule has 0 spiro atoms. The van der Waals surface area contributed by atoms with Crippen LogP contribution in [0.4, 0.5) is 0 Å². The largest absolute Gasteiger partial charge is 0.412 e. The molecule has 1 aromatic carbocycles. The van der Waals surface area contributed by atoms with Crippen molar-refractivity contribution in [1.82, 2.24) is 9.88 Å². The first-order valence-electron chi connectivity index (χ1n) is 9.69. The van der Waals surface area contributed by atoms with Crippen molar-refractivity contribution < 1.29 is 52.3 Å². The summed E-state index contributed by atoms with van der Waals surface area (Å²) in [4.78, 5) is 6.86. The second-order valence-electron chi connectivity index (χ2n) is 7.30. The Morgan fingerprint density at radius 3 is 2.53 bits per heavy atom. The third-order valence-electron chi connectivity index (χ3n) is 5.78. The highest BCUT2D eigenvalue weighted by Crippen LogP contribution is 2.41. The van der Waals surface area contributed by atoms with Crippen LogP contribution in [0.3, 0.4) is 0 Å². The molecule has 0 aliphatic carbocycles. The van der Waals surface area contributed by atoms with Crippen LogP contribution in [0.2, 0.25) is 0 Å². The number of pyridine rings is 1. The molecule has 2 aromatic rings. The van der Waals surface area contributed by atoms with E-state index in [2.05, 4.69) is 45.9 Å². The summed E-state index contributed by atoms with van der Waals surface area (Å²) in [5.41, 5.74) is 1.97. The molecule has 3 aliphatic rings. The molecule has 15 heteroatoms. The Hall–Kier alpha value is -1.73. The zero-order chi connectivity index (χ0) is 23.1. The van der Waals surface area contributed by atoms with Crippen molar-refractivity contribution in [1.29, 1.82) is 0 Å². The highest BCUT2D eigenvalue weighted by Gasteiger charge is 2.42. The number of rotatable bonds is 8. The molecule has 3 aliphatic heterocycles. The van der Waals surface area contributed by atoms with Gasteiger partial charge in [-0.2, -0.15) is 8.42 Å². The molecule has 13 nitrogen and oxygen atoms in total. The Balaban J connectivity index is 0.000000418. The number of nitrogens with zero attached hydrogens (tertiary/aromatic N) is 2. The summed E-state index contributed by atoms with van der Waals surface area (Å²) in [6.07, 6.45) is 5.76. The van der Waals surface area contributed by atoms with Crippen LogP contribution >= 0.6 is 0 Å². The monoisotopic (exact) mass is 524 g/mol. The first-order chi connectivity index (χ1) is 15.5. The summed E-state index contributed by atoms with van der Waals surface area (Å²) < 4.78 is 29.9. The highest BCUT2D eigenvalue weighted by molar-refractivity contribution is 7.88. The Morgan fingerprint density at radius 2 is 1.91 bits per heavy atom. The molecule has 3 fully saturated rings. The van der Waals surface area contributed by atoms with Gasteiger partial charge in [-0.15, -0.1) is 14.5 Å². The van der Waals surface area contributed by atoms with Crippen molar-refractivity contribution in [2.24, 2.45) is 11.8 Å². The predicted molar refractivity (Wildman–Crippen MR) is 122 cm³/mol. The van der Waals surface area contributed by atoms with Crippen molar-refractivity contribution >= 4 is 33.6 Å². The maximum atomic E-state index is 11.0. The summed E-state index contributed by atoms with van der Waals surface area (Å²) in [6, 6.07) is 10.3. The minimum absolute atomic E-state index is 0. The topological polar surface area (TPSA) is 211 Å². The molecule has 192 valence electrons. The molecule has 0 saturated carbocycles. The van der Waals surface area contributed by atoms with E-state index < -0.39 is 28.8 Å². The van der Waals surface area contributed by atoms with Gasteiger partial charge in [-0.1, -0.05) is 33.6 Å². The lowest BCUT2D eigenvalue weighted by atomic mass is 9.73. The van der Waals surface area contributed by atoms with E-state index in [0.717, 1.165) is 36.0 Å². The van der Waals surface area contributed by atoms with Crippen molar-refractivity contribution in [3.8, 4) is 0 Å². The van der Waals surface area contributed by atoms with Crippen LogP contribution in [0.25, 0.3) is 10.9 Å². The standard InChI is InChI=1S/C19H22N2O.H2O8S2.2H2O/c1-2-13-12-21-10-8-14(13)11-18(21)19(22)16-7-9-20-17-6-4-3-5-15(16)17;1-5-7-10(4)8-9(3)6-2;;/h2-7,9,13-14,18-19,22H,1,8,10-12H2;1-2H;2*1H2/t13?,14?,18-,19-;;;/m1.../s1. The summed E-state index contributed by atoms with van der Waals surface area (Å²) in [5.74, 6) is 1.27. The van der Waals surface area contributed by atoms with Gasteiger partial charge in [0.15, 0.2) is 0 Å². The van der Waals surface area contributed by atoms with Crippen LogP contribution in [-0.2, 0) is 40.1 Å². The second-order valence-corrected chi connectivity index (χ2v) is 8.95. The van der Waals surface area contributed by atoms with Crippen molar-refractivity contribution in [2.75, 3.05) is 13.1 Å². The van der Waals surface area contributed by atoms with Crippen molar-refractivity contribution in [3.05, 3.63) is 54.7 Å². The predicted octanol–water partition coefficient (Wildman–Crippen LogP) is 0.586. The molecular formula is C19H28N2O11S2. The number of hydrogen-bond acceptors (Lipinski definition) is 11. The third kappa shape index (κ3) is 7.38. The summed E-state index contributed by atoms with van der Waals surface area (Å²) in [7, 11) is 0. The number of piperidine rings is 3. The van der Waals surface area contributed by atoms with Crippen LogP contribution in [-0.4, -0.2) is 64.0 Å². The van der Waals surface area contributed by atoms with Gasteiger partial charge in [-0.25, -0.2) is 10.5 Å². The molecule has 0 amide bonds. The van der Waals surface area contributed by atoms with Crippen LogP contribution in [0.5, 0.6) is 0 Å². The quantitative estimate of drug-likeness (QED) is 0.247. The fraction of sp³-hybridized carbons (Fsp3) is 0.421. The lowest BCUT2D eigenvalue weighted by Gasteiger charge is -2.50. The van der Waals surface area contributed by atoms with E-state index in [4.69, 9.17) is 10.5 Å². The summed E-state index contributed by atoms with van der Waals surface area (Å²) in [5, 5.41) is 29.9. The molecule has 2 bridgehead atoms. The van der Waals surface area contributed by atoms with Gasteiger partial charge in [0.05, 0.1) is 11.6 Å². The summed E-state index contributed by atoms with van der Waals surface area (Å²) in [6.45, 7) is 6.11. The van der Waals surface area contributed by atoms with E-state index in [0.29, 0.717) is 11.8 Å². The highest BCUT2D eigenvalue weighted by atomic mass is 32.3. The van der Waals surface area contributed by atoms with Gasteiger partial charge < -0.3 is 16.1 Å². The first kappa shape index (κ1) is 30.3. The molecule has 7 N–H and O–H groups in total. The SMILES string of the molecule is C=CC1CN2CCC1C[C@@H]2[C@H](O)c1ccnc2ccccc12.O.O.O=S(OO)OS(=O)OOO. The van der Waals surface area contributed by atoms with Crippen LogP contribution in [0.15, 0.2) is 49.2 Å². The Bertz CT molecular complexity index is 961. The van der Waals surface area contributed by atoms with E-state index >= 15 is 0 Å². The molecule has 1 aromatic heterocycles. The van der Waals surface area contributed by atoms with Gasteiger partial charge in [0.1, 0.15) is 0 Å². The van der Waals surface area contributed by atoms with Crippen molar-refractivity contribution in [2.45, 2.75) is 25.0 Å². The average Bonchev–Trinajstić information content (AvgIpc) is 2.83. The van der Waals surface area contributed by atoms with Gasteiger partial charge in [-0.3, -0.25) is 9.88 Å². The van der Waals surface area contributed by atoms with Crippen molar-refractivity contribution in [3.63, 3.8) is 0 Å². The zero-order valence-corrected chi connectivity index (χ0v) is 19.5. The van der Waals surface area contributed by atoms with Gasteiger partial charge in [0, 0.05) is 24.2 Å². The maximum absolute atomic E-state index is 11.0.